The first kappa shape index (κ1) is 35.1. The van der Waals surface area contributed by atoms with Crippen molar-refractivity contribution in [2.75, 3.05) is 0 Å². The Balaban J connectivity index is 1.41. The molecule has 0 bridgehead atoms. The first-order chi connectivity index (χ1) is 21.2. The standard InChI is InChI=1S/C41H65N2/c1-4-6-8-9-10-11-12-13-14-15-16-17-18-19-20-27-33-42-34-35-43(37-42)40(32-7-5-2)41(3,39-30-25-22-26-31-39)36-38-28-23-21-24-29-38/h21-26,28-31,34-35,37,40H,4-20,27,32-33,36H2,1-3H3/q+1. The normalized spacial score (nSPS) is 13.7. The van der Waals surface area contributed by atoms with Crippen LogP contribution < -0.4 is 4.57 Å². The molecule has 1 aromatic heterocycles. The molecule has 3 aromatic rings. The van der Waals surface area contributed by atoms with Crippen LogP contribution in [0.4, 0.5) is 0 Å². The first-order valence-electron chi connectivity index (χ1n) is 18.3. The average molecular weight is 586 g/mol. The molecule has 0 spiro atoms. The van der Waals surface area contributed by atoms with E-state index in [4.69, 9.17) is 0 Å². The van der Waals surface area contributed by atoms with Gasteiger partial charge in [0.25, 0.3) is 0 Å². The molecule has 2 atom stereocenters. The Morgan fingerprint density at radius 3 is 1.63 bits per heavy atom. The van der Waals surface area contributed by atoms with Gasteiger partial charge in [0.05, 0.1) is 6.54 Å². The highest BCUT2D eigenvalue weighted by molar-refractivity contribution is 5.30. The topological polar surface area (TPSA) is 8.81 Å². The number of hydrogen-bond acceptors (Lipinski definition) is 0. The van der Waals surface area contributed by atoms with Crippen molar-refractivity contribution in [3.8, 4) is 0 Å². The van der Waals surface area contributed by atoms with Crippen molar-refractivity contribution in [2.24, 2.45) is 0 Å². The summed E-state index contributed by atoms with van der Waals surface area (Å²) in [6, 6.07) is 22.8. The zero-order valence-corrected chi connectivity index (χ0v) is 28.3. The summed E-state index contributed by atoms with van der Waals surface area (Å²) in [6.07, 6.45) is 34.5. The van der Waals surface area contributed by atoms with Crippen LogP contribution >= 0.6 is 0 Å². The number of benzene rings is 2. The Morgan fingerprint density at radius 1 is 0.605 bits per heavy atom. The van der Waals surface area contributed by atoms with E-state index >= 15 is 0 Å². The van der Waals surface area contributed by atoms with E-state index in [2.05, 4.69) is 109 Å². The number of aryl methyl sites for hydroxylation is 1. The molecule has 0 aliphatic rings. The first-order valence-corrected chi connectivity index (χ1v) is 18.3. The molecule has 2 aromatic carbocycles. The molecular formula is C41H65N2+. The van der Waals surface area contributed by atoms with Gasteiger partial charge in [0.15, 0.2) is 0 Å². The molecular weight excluding hydrogens is 520 g/mol. The highest BCUT2D eigenvalue weighted by Gasteiger charge is 2.40. The smallest absolute Gasteiger partial charge is 0.237 e. The van der Waals surface area contributed by atoms with E-state index in [0.717, 1.165) is 13.0 Å². The van der Waals surface area contributed by atoms with Crippen LogP contribution in [0.1, 0.15) is 160 Å². The maximum Gasteiger partial charge on any atom is 0.244 e. The predicted molar refractivity (Wildman–Crippen MR) is 187 cm³/mol. The van der Waals surface area contributed by atoms with Crippen LogP contribution in [0.25, 0.3) is 0 Å². The summed E-state index contributed by atoms with van der Waals surface area (Å²) < 4.78 is 4.98. The van der Waals surface area contributed by atoms with Crippen molar-refractivity contribution >= 4 is 0 Å². The minimum atomic E-state index is 0.0167. The lowest BCUT2D eigenvalue weighted by atomic mass is 9.70. The molecule has 0 saturated heterocycles. The fourth-order valence-corrected chi connectivity index (χ4v) is 7.02. The lowest BCUT2D eigenvalue weighted by Crippen LogP contribution is -2.38. The van der Waals surface area contributed by atoms with E-state index in [1.54, 1.807) is 0 Å². The van der Waals surface area contributed by atoms with Gasteiger partial charge in [-0.25, -0.2) is 9.13 Å². The molecule has 1 heterocycles. The van der Waals surface area contributed by atoms with E-state index in [1.165, 1.54) is 133 Å². The molecule has 238 valence electrons. The zero-order chi connectivity index (χ0) is 30.4. The lowest BCUT2D eigenvalue weighted by Gasteiger charge is -2.36. The van der Waals surface area contributed by atoms with Crippen LogP contribution in [-0.4, -0.2) is 4.57 Å². The number of hydrogen-bond donors (Lipinski definition) is 0. The van der Waals surface area contributed by atoms with E-state index < -0.39 is 0 Å². The molecule has 0 saturated carbocycles. The molecule has 0 aliphatic heterocycles. The third kappa shape index (κ3) is 13.0. The predicted octanol–water partition coefficient (Wildman–Crippen LogP) is 12.0. The van der Waals surface area contributed by atoms with Crippen molar-refractivity contribution in [1.29, 1.82) is 0 Å². The Labute approximate surface area is 266 Å². The second kappa shape index (κ2) is 21.4. The molecule has 2 nitrogen and oxygen atoms in total. The third-order valence-electron chi connectivity index (χ3n) is 9.76. The molecule has 2 unspecified atom stereocenters. The monoisotopic (exact) mass is 586 g/mol. The van der Waals surface area contributed by atoms with Gasteiger partial charge < -0.3 is 0 Å². The Morgan fingerprint density at radius 2 is 1.09 bits per heavy atom. The Hall–Kier alpha value is -2.35. The SMILES string of the molecule is CCCCCCCCCCCCCCCCCC[n+]1ccn(C(CCCC)C(C)(Cc2ccccc2)c2ccccc2)c1. The summed E-state index contributed by atoms with van der Waals surface area (Å²) in [5.74, 6) is 0. The van der Waals surface area contributed by atoms with Gasteiger partial charge in [0, 0.05) is 5.41 Å². The molecule has 0 N–H and O–H groups in total. The number of nitrogens with zero attached hydrogens (tertiary/aromatic N) is 2. The number of unbranched alkanes of at least 4 members (excludes halogenated alkanes) is 16. The van der Waals surface area contributed by atoms with Crippen LogP contribution in [0.3, 0.4) is 0 Å². The Bertz CT molecular complexity index is 1060. The summed E-state index contributed by atoms with van der Waals surface area (Å²) in [5.41, 5.74) is 2.88. The highest BCUT2D eigenvalue weighted by atomic mass is 15.1. The second-order valence-corrected chi connectivity index (χ2v) is 13.5. The summed E-state index contributed by atoms with van der Waals surface area (Å²) in [4.78, 5) is 0. The highest BCUT2D eigenvalue weighted by Crippen LogP contribution is 2.41. The van der Waals surface area contributed by atoms with Crippen LogP contribution in [0.5, 0.6) is 0 Å². The van der Waals surface area contributed by atoms with Crippen LogP contribution in [0.15, 0.2) is 79.4 Å². The van der Waals surface area contributed by atoms with E-state index in [1.807, 2.05) is 0 Å². The van der Waals surface area contributed by atoms with Crippen molar-refractivity contribution in [3.05, 3.63) is 90.5 Å². The van der Waals surface area contributed by atoms with Gasteiger partial charge in [-0.15, -0.1) is 0 Å². The van der Waals surface area contributed by atoms with Gasteiger partial charge in [-0.2, -0.15) is 0 Å². The maximum absolute atomic E-state index is 2.54. The number of aromatic nitrogens is 2. The number of imidazole rings is 1. The van der Waals surface area contributed by atoms with E-state index in [-0.39, 0.29) is 5.41 Å². The largest absolute Gasteiger partial charge is 0.244 e. The summed E-state index contributed by atoms with van der Waals surface area (Å²) in [5, 5.41) is 0. The fourth-order valence-electron chi connectivity index (χ4n) is 7.02. The lowest BCUT2D eigenvalue weighted by molar-refractivity contribution is -0.697. The average Bonchev–Trinajstić information content (AvgIpc) is 3.50. The van der Waals surface area contributed by atoms with Gasteiger partial charge in [0.1, 0.15) is 18.4 Å². The minimum Gasteiger partial charge on any atom is -0.237 e. The molecule has 43 heavy (non-hydrogen) atoms. The van der Waals surface area contributed by atoms with Gasteiger partial charge in [-0.1, -0.05) is 178 Å². The van der Waals surface area contributed by atoms with Gasteiger partial charge in [-0.3, -0.25) is 0 Å². The van der Waals surface area contributed by atoms with Crippen molar-refractivity contribution in [1.82, 2.24) is 4.57 Å². The third-order valence-corrected chi connectivity index (χ3v) is 9.76. The van der Waals surface area contributed by atoms with Crippen molar-refractivity contribution < 1.29 is 4.57 Å². The van der Waals surface area contributed by atoms with Crippen LogP contribution in [0, 0.1) is 0 Å². The summed E-state index contributed by atoms with van der Waals surface area (Å²) in [6.45, 7) is 8.25. The summed E-state index contributed by atoms with van der Waals surface area (Å²) in [7, 11) is 0. The van der Waals surface area contributed by atoms with Crippen LogP contribution in [0.2, 0.25) is 0 Å². The minimum absolute atomic E-state index is 0.0167. The van der Waals surface area contributed by atoms with Crippen molar-refractivity contribution in [2.45, 2.75) is 167 Å². The van der Waals surface area contributed by atoms with Crippen LogP contribution in [-0.2, 0) is 18.4 Å². The van der Waals surface area contributed by atoms with E-state index in [0.29, 0.717) is 6.04 Å². The maximum atomic E-state index is 2.54. The molecule has 0 amide bonds. The van der Waals surface area contributed by atoms with Gasteiger partial charge in [0.2, 0.25) is 6.33 Å². The molecule has 0 aliphatic carbocycles. The molecule has 0 radical (unpaired) electrons. The van der Waals surface area contributed by atoms with Gasteiger partial charge >= 0.3 is 0 Å². The fraction of sp³-hybridized carbons (Fsp3) is 0.634. The Kier molecular flexibility index (Phi) is 17.5. The van der Waals surface area contributed by atoms with Crippen molar-refractivity contribution in [3.63, 3.8) is 0 Å². The second-order valence-electron chi connectivity index (χ2n) is 13.5. The van der Waals surface area contributed by atoms with E-state index in [9.17, 15) is 0 Å². The quantitative estimate of drug-likeness (QED) is 0.0690. The summed E-state index contributed by atoms with van der Waals surface area (Å²) >= 11 is 0. The number of rotatable bonds is 25. The zero-order valence-electron chi connectivity index (χ0n) is 28.3. The molecule has 3 rings (SSSR count). The van der Waals surface area contributed by atoms with Gasteiger partial charge in [-0.05, 0) is 43.2 Å². The molecule has 2 heteroatoms. The molecule has 0 fully saturated rings.